The van der Waals surface area contributed by atoms with E-state index in [9.17, 15) is 9.59 Å². The second-order valence-corrected chi connectivity index (χ2v) is 8.26. The number of hydrogen-bond donors (Lipinski definition) is 2. The van der Waals surface area contributed by atoms with Gasteiger partial charge in [-0.2, -0.15) is 0 Å². The Morgan fingerprint density at radius 1 is 1.21 bits per heavy atom. The van der Waals surface area contributed by atoms with Gasteiger partial charge in [0.2, 0.25) is 5.91 Å². The molecule has 0 aliphatic carbocycles. The summed E-state index contributed by atoms with van der Waals surface area (Å²) in [6, 6.07) is 15.2. The number of rotatable bonds is 6. The van der Waals surface area contributed by atoms with E-state index < -0.39 is 0 Å². The Hall–Kier alpha value is -3.71. The lowest BCUT2D eigenvalue weighted by Gasteiger charge is -2.30. The maximum Gasteiger partial charge on any atom is 0.270 e. The summed E-state index contributed by atoms with van der Waals surface area (Å²) >= 11 is 0. The van der Waals surface area contributed by atoms with E-state index in [0.29, 0.717) is 22.8 Å². The van der Waals surface area contributed by atoms with Crippen LogP contribution >= 0.6 is 0 Å². The van der Waals surface area contributed by atoms with Crippen molar-refractivity contribution in [3.8, 4) is 17.0 Å². The van der Waals surface area contributed by atoms with Crippen LogP contribution in [0.25, 0.3) is 22.0 Å². The standard InChI is InChI=1S/C26H28N4O3/c1-4-24(31)29-25-20-15-18(11-10-17(20)12-13-23(25)33-3)21-8-5-9-22(28-21)26(32)27-19-7-6-14-30(2)16-19/h4-5,8-13,15,19H,1,6-7,14,16H2,2-3H3,(H,27,32)(H,29,31). The fourth-order valence-corrected chi connectivity index (χ4v) is 4.20. The number of methoxy groups -OCH3 is 1. The number of benzene rings is 2. The van der Waals surface area contributed by atoms with E-state index in [2.05, 4.69) is 34.1 Å². The largest absolute Gasteiger partial charge is 0.495 e. The minimum atomic E-state index is -0.323. The first-order valence-corrected chi connectivity index (χ1v) is 11.0. The average molecular weight is 445 g/mol. The summed E-state index contributed by atoms with van der Waals surface area (Å²) in [5.74, 6) is 0.0586. The van der Waals surface area contributed by atoms with Gasteiger partial charge in [-0.3, -0.25) is 9.59 Å². The van der Waals surface area contributed by atoms with Crippen LogP contribution in [0.15, 0.2) is 61.2 Å². The van der Waals surface area contributed by atoms with Gasteiger partial charge >= 0.3 is 0 Å². The molecular weight excluding hydrogens is 416 g/mol. The Morgan fingerprint density at radius 3 is 2.79 bits per heavy atom. The van der Waals surface area contributed by atoms with Gasteiger partial charge in [0.05, 0.1) is 18.5 Å². The number of nitrogens with zero attached hydrogens (tertiary/aromatic N) is 2. The highest BCUT2D eigenvalue weighted by Gasteiger charge is 2.20. The predicted octanol–water partition coefficient (Wildman–Crippen LogP) is 3.86. The normalized spacial score (nSPS) is 16.2. The molecule has 0 bridgehead atoms. The van der Waals surface area contributed by atoms with Crippen molar-refractivity contribution < 1.29 is 14.3 Å². The van der Waals surface area contributed by atoms with Gasteiger partial charge < -0.3 is 20.3 Å². The summed E-state index contributed by atoms with van der Waals surface area (Å²) in [5, 5.41) is 7.70. The first-order valence-electron chi connectivity index (χ1n) is 11.0. The second kappa shape index (κ2) is 9.83. The molecular formula is C26H28N4O3. The summed E-state index contributed by atoms with van der Waals surface area (Å²) in [5.41, 5.74) is 2.45. The molecule has 0 saturated carbocycles. The number of carbonyl (C=O) groups excluding carboxylic acids is 2. The van der Waals surface area contributed by atoms with Gasteiger partial charge in [0.1, 0.15) is 11.4 Å². The van der Waals surface area contributed by atoms with Crippen molar-refractivity contribution in [2.75, 3.05) is 32.6 Å². The van der Waals surface area contributed by atoms with E-state index in [1.54, 1.807) is 13.2 Å². The molecule has 0 spiro atoms. The third kappa shape index (κ3) is 5.04. The Morgan fingerprint density at radius 2 is 2.03 bits per heavy atom. The Kier molecular flexibility index (Phi) is 6.70. The molecule has 1 fully saturated rings. The number of ether oxygens (including phenoxy) is 1. The van der Waals surface area contributed by atoms with Crippen LogP contribution in [0.1, 0.15) is 23.3 Å². The van der Waals surface area contributed by atoms with Crippen molar-refractivity contribution >= 4 is 28.3 Å². The summed E-state index contributed by atoms with van der Waals surface area (Å²) in [4.78, 5) is 31.7. The van der Waals surface area contributed by atoms with Crippen molar-refractivity contribution in [3.63, 3.8) is 0 Å². The molecule has 1 aliphatic heterocycles. The number of pyridine rings is 1. The van der Waals surface area contributed by atoms with Gasteiger partial charge in [-0.05, 0) is 62.2 Å². The number of likely N-dealkylation sites (N-methyl/N-ethyl adjacent to an activating group) is 1. The molecule has 1 unspecified atom stereocenters. The minimum absolute atomic E-state index is 0.130. The molecule has 2 heterocycles. The van der Waals surface area contributed by atoms with E-state index in [-0.39, 0.29) is 17.9 Å². The van der Waals surface area contributed by atoms with Crippen molar-refractivity contribution in [3.05, 3.63) is 66.9 Å². The van der Waals surface area contributed by atoms with E-state index in [1.165, 1.54) is 6.08 Å². The topological polar surface area (TPSA) is 83.6 Å². The molecule has 1 aliphatic rings. The maximum atomic E-state index is 12.8. The van der Waals surface area contributed by atoms with Crippen LogP contribution in [0.2, 0.25) is 0 Å². The predicted molar refractivity (Wildman–Crippen MR) is 131 cm³/mol. The number of nitrogens with one attached hydrogen (secondary N) is 2. The van der Waals surface area contributed by atoms with Crippen molar-refractivity contribution in [2.45, 2.75) is 18.9 Å². The minimum Gasteiger partial charge on any atom is -0.495 e. The lowest BCUT2D eigenvalue weighted by atomic mass is 10.0. The highest BCUT2D eigenvalue weighted by Crippen LogP contribution is 2.35. The molecule has 33 heavy (non-hydrogen) atoms. The Bertz CT molecular complexity index is 1210. The van der Waals surface area contributed by atoms with E-state index in [0.717, 1.165) is 42.3 Å². The SMILES string of the molecule is C=CC(=O)Nc1c(OC)ccc2ccc(-c3cccc(C(=O)NC4CCCN(C)C4)n3)cc12. The van der Waals surface area contributed by atoms with Crippen molar-refractivity contribution in [2.24, 2.45) is 0 Å². The van der Waals surface area contributed by atoms with Crippen LogP contribution in [-0.4, -0.2) is 55.0 Å². The zero-order valence-corrected chi connectivity index (χ0v) is 18.9. The average Bonchev–Trinajstić information content (AvgIpc) is 2.84. The highest BCUT2D eigenvalue weighted by molar-refractivity contribution is 6.08. The smallest absolute Gasteiger partial charge is 0.270 e. The van der Waals surface area contributed by atoms with E-state index in [4.69, 9.17) is 4.74 Å². The fourth-order valence-electron chi connectivity index (χ4n) is 4.20. The van der Waals surface area contributed by atoms with E-state index >= 15 is 0 Å². The summed E-state index contributed by atoms with van der Waals surface area (Å²) in [6.45, 7) is 5.43. The molecule has 1 atom stereocenters. The van der Waals surface area contributed by atoms with Crippen molar-refractivity contribution in [1.29, 1.82) is 0 Å². The fraction of sp³-hybridized carbons (Fsp3) is 0.269. The molecule has 170 valence electrons. The first kappa shape index (κ1) is 22.5. The van der Waals surface area contributed by atoms with Crippen LogP contribution in [0.3, 0.4) is 0 Å². The zero-order valence-electron chi connectivity index (χ0n) is 18.9. The van der Waals surface area contributed by atoms with Gasteiger partial charge in [0.25, 0.3) is 5.91 Å². The molecule has 7 nitrogen and oxygen atoms in total. The quantitative estimate of drug-likeness (QED) is 0.564. The zero-order chi connectivity index (χ0) is 23.4. The van der Waals surface area contributed by atoms with Crippen molar-refractivity contribution in [1.82, 2.24) is 15.2 Å². The molecule has 1 aromatic heterocycles. The summed E-state index contributed by atoms with van der Waals surface area (Å²) in [7, 11) is 3.62. The first-order chi connectivity index (χ1) is 16.0. The lowest BCUT2D eigenvalue weighted by molar-refractivity contribution is -0.111. The van der Waals surface area contributed by atoms with Crippen LogP contribution in [0.4, 0.5) is 5.69 Å². The van der Waals surface area contributed by atoms with Crippen LogP contribution in [0, 0.1) is 0 Å². The molecule has 0 radical (unpaired) electrons. The number of fused-ring (bicyclic) bond motifs is 1. The van der Waals surface area contributed by atoms with E-state index in [1.807, 2.05) is 42.5 Å². The molecule has 2 amide bonds. The maximum absolute atomic E-state index is 12.8. The third-order valence-electron chi connectivity index (χ3n) is 5.87. The molecule has 7 heteroatoms. The summed E-state index contributed by atoms with van der Waals surface area (Å²) in [6.07, 6.45) is 3.26. The number of aromatic nitrogens is 1. The monoisotopic (exact) mass is 444 g/mol. The highest BCUT2D eigenvalue weighted by atomic mass is 16.5. The van der Waals surface area contributed by atoms with Gasteiger partial charge in [0.15, 0.2) is 0 Å². The van der Waals surface area contributed by atoms with Crippen LogP contribution in [0.5, 0.6) is 5.75 Å². The van der Waals surface area contributed by atoms with Gasteiger partial charge in [-0.25, -0.2) is 4.98 Å². The lowest BCUT2D eigenvalue weighted by Crippen LogP contribution is -2.46. The Balaban J connectivity index is 1.66. The number of likely N-dealkylation sites (tertiary alicyclic amines) is 1. The van der Waals surface area contributed by atoms with Crippen LogP contribution < -0.4 is 15.4 Å². The van der Waals surface area contributed by atoms with Gasteiger partial charge in [-0.15, -0.1) is 0 Å². The molecule has 2 aromatic carbocycles. The van der Waals surface area contributed by atoms with Gasteiger partial charge in [0, 0.05) is 23.5 Å². The number of hydrogen-bond acceptors (Lipinski definition) is 5. The second-order valence-electron chi connectivity index (χ2n) is 8.26. The summed E-state index contributed by atoms with van der Waals surface area (Å²) < 4.78 is 5.45. The number of carbonyl (C=O) groups is 2. The number of piperidine rings is 1. The molecule has 1 saturated heterocycles. The number of amides is 2. The molecule has 2 N–H and O–H groups in total. The number of anilines is 1. The molecule has 4 rings (SSSR count). The van der Waals surface area contributed by atoms with Crippen LogP contribution in [-0.2, 0) is 4.79 Å². The Labute approximate surface area is 193 Å². The van der Waals surface area contributed by atoms with Gasteiger partial charge in [-0.1, -0.05) is 30.8 Å². The molecule has 3 aromatic rings. The third-order valence-corrected chi connectivity index (χ3v) is 5.87.